The lowest BCUT2D eigenvalue weighted by atomic mass is 9.94. The number of carboxylic acids is 1. The van der Waals surface area contributed by atoms with Crippen LogP contribution in [0.2, 0.25) is 0 Å². The van der Waals surface area contributed by atoms with Crippen molar-refractivity contribution < 1.29 is 19.4 Å². The lowest BCUT2D eigenvalue weighted by Gasteiger charge is -2.17. The summed E-state index contributed by atoms with van der Waals surface area (Å²) in [6.45, 7) is 0.707. The van der Waals surface area contributed by atoms with Gasteiger partial charge in [0.1, 0.15) is 5.75 Å². The molecule has 3 rings (SSSR count). The summed E-state index contributed by atoms with van der Waals surface area (Å²) in [4.78, 5) is 22.7. The van der Waals surface area contributed by atoms with Crippen LogP contribution >= 0.6 is 0 Å². The van der Waals surface area contributed by atoms with Gasteiger partial charge in [0.2, 0.25) is 5.91 Å². The van der Waals surface area contributed by atoms with E-state index in [1.165, 1.54) is 0 Å². The molecular weight excluding hydrogens is 262 g/mol. The van der Waals surface area contributed by atoms with Crippen LogP contribution in [0.1, 0.15) is 18.0 Å². The lowest BCUT2D eigenvalue weighted by Crippen LogP contribution is -2.26. The fourth-order valence-corrected chi connectivity index (χ4v) is 2.47. The molecule has 2 heterocycles. The second-order valence-electron chi connectivity index (χ2n) is 4.85. The minimum Gasteiger partial charge on any atom is -0.491 e. The van der Waals surface area contributed by atoms with E-state index in [0.717, 1.165) is 5.56 Å². The summed E-state index contributed by atoms with van der Waals surface area (Å²) in [5, 5.41) is 12.0. The first kappa shape index (κ1) is 12.9. The average Bonchev–Trinajstić information content (AvgIpc) is 2.82. The van der Waals surface area contributed by atoms with Crippen molar-refractivity contribution in [2.24, 2.45) is 5.92 Å². The molecule has 0 spiro atoms. The SMILES string of the molecule is O=C1CCOc2ccc(C3NNCC3C(=O)O)cc2N1. The molecule has 4 N–H and O–H groups in total. The molecule has 1 fully saturated rings. The summed E-state index contributed by atoms with van der Waals surface area (Å²) in [7, 11) is 0. The summed E-state index contributed by atoms with van der Waals surface area (Å²) in [5.74, 6) is -0.899. The predicted molar refractivity (Wildman–Crippen MR) is 70.2 cm³/mol. The van der Waals surface area contributed by atoms with Gasteiger partial charge in [-0.25, -0.2) is 5.43 Å². The van der Waals surface area contributed by atoms with Crippen LogP contribution in [0, 0.1) is 5.92 Å². The van der Waals surface area contributed by atoms with Crippen molar-refractivity contribution in [3.63, 3.8) is 0 Å². The number of anilines is 1. The van der Waals surface area contributed by atoms with E-state index in [9.17, 15) is 14.7 Å². The van der Waals surface area contributed by atoms with Crippen molar-refractivity contribution in [3.05, 3.63) is 23.8 Å². The van der Waals surface area contributed by atoms with Crippen LogP contribution in [-0.2, 0) is 9.59 Å². The number of hydrazine groups is 1. The van der Waals surface area contributed by atoms with Crippen molar-refractivity contribution in [3.8, 4) is 5.75 Å². The second kappa shape index (κ2) is 5.10. The van der Waals surface area contributed by atoms with E-state index >= 15 is 0 Å². The Hall–Kier alpha value is -2.12. The first-order valence-corrected chi connectivity index (χ1v) is 6.43. The minimum atomic E-state index is -0.859. The van der Waals surface area contributed by atoms with Gasteiger partial charge in [-0.2, -0.15) is 0 Å². The van der Waals surface area contributed by atoms with Crippen molar-refractivity contribution in [2.45, 2.75) is 12.5 Å². The van der Waals surface area contributed by atoms with E-state index in [1.807, 2.05) is 6.07 Å². The number of fused-ring (bicyclic) bond motifs is 1. The molecular formula is C13H15N3O4. The number of ether oxygens (including phenoxy) is 1. The number of rotatable bonds is 2. The molecule has 2 aliphatic rings. The van der Waals surface area contributed by atoms with E-state index in [4.69, 9.17) is 4.74 Å². The molecule has 1 aromatic rings. The van der Waals surface area contributed by atoms with Crippen LogP contribution in [0.25, 0.3) is 0 Å². The topological polar surface area (TPSA) is 99.7 Å². The number of carboxylic acid groups (broad SMARTS) is 1. The van der Waals surface area contributed by atoms with Crippen molar-refractivity contribution in [1.82, 2.24) is 10.9 Å². The highest BCUT2D eigenvalue weighted by atomic mass is 16.5. The van der Waals surface area contributed by atoms with Crippen molar-refractivity contribution >= 4 is 17.6 Å². The molecule has 20 heavy (non-hydrogen) atoms. The maximum Gasteiger partial charge on any atom is 0.309 e. The first-order chi connectivity index (χ1) is 9.65. The zero-order valence-corrected chi connectivity index (χ0v) is 10.7. The summed E-state index contributed by atoms with van der Waals surface area (Å²) >= 11 is 0. The molecule has 0 bridgehead atoms. The van der Waals surface area contributed by atoms with Crippen LogP contribution in [0.4, 0.5) is 5.69 Å². The highest BCUT2D eigenvalue weighted by Gasteiger charge is 2.34. The predicted octanol–water partition coefficient (Wildman–Crippen LogP) is 0.257. The van der Waals surface area contributed by atoms with Gasteiger partial charge < -0.3 is 15.2 Å². The van der Waals surface area contributed by atoms with Crippen LogP contribution < -0.4 is 20.9 Å². The monoisotopic (exact) mass is 277 g/mol. The summed E-state index contributed by atoms with van der Waals surface area (Å²) in [5.41, 5.74) is 7.19. The molecule has 0 aromatic heterocycles. The fraction of sp³-hybridized carbons (Fsp3) is 0.385. The Balaban J connectivity index is 1.91. The van der Waals surface area contributed by atoms with E-state index in [0.29, 0.717) is 31.0 Å². The van der Waals surface area contributed by atoms with Gasteiger partial charge >= 0.3 is 5.97 Å². The molecule has 2 unspecified atom stereocenters. The summed E-state index contributed by atoms with van der Waals surface area (Å²) in [6.07, 6.45) is 0.311. The number of hydrogen-bond acceptors (Lipinski definition) is 5. The molecule has 2 aliphatic heterocycles. The van der Waals surface area contributed by atoms with Crippen LogP contribution in [-0.4, -0.2) is 30.1 Å². The van der Waals surface area contributed by atoms with Crippen LogP contribution in [0.5, 0.6) is 5.75 Å². The Bertz CT molecular complexity index is 561. The molecule has 2 atom stereocenters. The molecule has 7 nitrogen and oxygen atoms in total. The normalized spacial score (nSPS) is 25.3. The Morgan fingerprint density at radius 2 is 2.25 bits per heavy atom. The highest BCUT2D eigenvalue weighted by molar-refractivity contribution is 5.93. The van der Waals surface area contributed by atoms with Gasteiger partial charge in [0, 0.05) is 6.54 Å². The third-order valence-corrected chi connectivity index (χ3v) is 3.52. The zero-order chi connectivity index (χ0) is 14.1. The number of benzene rings is 1. The molecule has 0 radical (unpaired) electrons. The maximum absolute atomic E-state index is 11.5. The zero-order valence-electron chi connectivity index (χ0n) is 10.7. The molecule has 0 aliphatic carbocycles. The molecule has 1 aromatic carbocycles. The molecule has 7 heteroatoms. The molecule has 1 amide bonds. The quantitative estimate of drug-likeness (QED) is 0.618. The van der Waals surface area contributed by atoms with Gasteiger partial charge in [-0.05, 0) is 17.7 Å². The maximum atomic E-state index is 11.5. The Morgan fingerprint density at radius 1 is 1.40 bits per heavy atom. The number of aliphatic carboxylic acids is 1. The summed E-state index contributed by atoms with van der Waals surface area (Å²) < 4.78 is 5.48. The number of hydrogen-bond donors (Lipinski definition) is 4. The second-order valence-corrected chi connectivity index (χ2v) is 4.85. The van der Waals surface area contributed by atoms with Crippen LogP contribution in [0.3, 0.4) is 0 Å². The first-order valence-electron chi connectivity index (χ1n) is 6.43. The minimum absolute atomic E-state index is 0.104. The Morgan fingerprint density at radius 3 is 3.05 bits per heavy atom. The van der Waals surface area contributed by atoms with Gasteiger partial charge in [-0.3, -0.25) is 15.0 Å². The molecule has 0 saturated carbocycles. The largest absolute Gasteiger partial charge is 0.491 e. The number of nitrogens with one attached hydrogen (secondary N) is 3. The van der Waals surface area contributed by atoms with Gasteiger partial charge in [-0.1, -0.05) is 6.07 Å². The van der Waals surface area contributed by atoms with Crippen molar-refractivity contribution in [1.29, 1.82) is 0 Å². The third-order valence-electron chi connectivity index (χ3n) is 3.52. The fourth-order valence-electron chi connectivity index (χ4n) is 2.47. The van der Waals surface area contributed by atoms with Crippen molar-refractivity contribution in [2.75, 3.05) is 18.5 Å². The number of amides is 1. The van der Waals surface area contributed by atoms with Crippen LogP contribution in [0.15, 0.2) is 18.2 Å². The van der Waals surface area contributed by atoms with Gasteiger partial charge in [0.25, 0.3) is 0 Å². The summed E-state index contributed by atoms with van der Waals surface area (Å²) in [6, 6.07) is 5.00. The van der Waals surface area contributed by atoms with Gasteiger partial charge in [-0.15, -0.1) is 0 Å². The van der Waals surface area contributed by atoms with E-state index in [1.54, 1.807) is 12.1 Å². The number of carbonyl (C=O) groups is 2. The lowest BCUT2D eigenvalue weighted by molar-refractivity contribution is -0.141. The Kier molecular flexibility index (Phi) is 3.29. The van der Waals surface area contributed by atoms with Gasteiger partial charge in [0.05, 0.1) is 30.7 Å². The Labute approximate surface area is 115 Å². The van der Waals surface area contributed by atoms with E-state index in [-0.39, 0.29) is 11.9 Å². The average molecular weight is 277 g/mol. The molecule has 1 saturated heterocycles. The highest BCUT2D eigenvalue weighted by Crippen LogP contribution is 2.33. The smallest absolute Gasteiger partial charge is 0.309 e. The van der Waals surface area contributed by atoms with E-state index in [2.05, 4.69) is 16.2 Å². The third kappa shape index (κ3) is 2.33. The van der Waals surface area contributed by atoms with Gasteiger partial charge in [0.15, 0.2) is 0 Å². The molecule has 106 valence electrons. The standard InChI is InChI=1S/C13H15N3O4/c17-11-3-4-20-10-2-1-7(5-9(10)15-11)12-8(13(18)19)6-14-16-12/h1-2,5,8,12,14,16H,3-4,6H2,(H,15,17)(H,18,19). The van der Waals surface area contributed by atoms with E-state index < -0.39 is 11.9 Å². The number of carbonyl (C=O) groups excluding carboxylic acids is 1.